The number of hydrogen-bond acceptors (Lipinski definition) is 4. The van der Waals surface area contributed by atoms with E-state index in [0.29, 0.717) is 9.79 Å². The molecule has 0 bridgehead atoms. The standard InChI is InChI=1S/C45H40N2O2S/c1-43(2)31-15-7-11-19-37(31)46(38-20-12-8-16-32(38)43)29-23-25-35-41(27-29)50(48,49)42-28-30(24-26-36(42)45(35,5)6)47-39-21-13-9-17-33(39)44(3,4)34-18-10-14-22-40(34)47/h7-28H,1-6H3. The third-order valence-electron chi connectivity index (χ3n) is 11.6. The fraction of sp³-hybridized carbons (Fsp3) is 0.200. The van der Waals surface area contributed by atoms with E-state index in [1.54, 1.807) is 0 Å². The van der Waals surface area contributed by atoms with Crippen molar-refractivity contribution < 1.29 is 8.42 Å². The highest BCUT2D eigenvalue weighted by molar-refractivity contribution is 7.91. The number of sulfone groups is 1. The maximum Gasteiger partial charge on any atom is 0.207 e. The van der Waals surface area contributed by atoms with E-state index in [1.807, 2.05) is 24.3 Å². The molecule has 0 saturated carbocycles. The Hall–Kier alpha value is -5.13. The summed E-state index contributed by atoms with van der Waals surface area (Å²) >= 11 is 0. The van der Waals surface area contributed by atoms with Crippen molar-refractivity contribution in [3.05, 3.63) is 167 Å². The van der Waals surface area contributed by atoms with E-state index < -0.39 is 15.3 Å². The largest absolute Gasteiger partial charge is 0.310 e. The van der Waals surface area contributed by atoms with E-state index >= 15 is 8.42 Å². The van der Waals surface area contributed by atoms with Gasteiger partial charge >= 0.3 is 0 Å². The zero-order chi connectivity index (χ0) is 34.8. The second-order valence-electron chi connectivity index (χ2n) is 15.5. The van der Waals surface area contributed by atoms with E-state index in [-0.39, 0.29) is 10.8 Å². The molecule has 6 aromatic rings. The van der Waals surface area contributed by atoms with Gasteiger partial charge in [0.1, 0.15) is 0 Å². The van der Waals surface area contributed by atoms with Crippen molar-refractivity contribution >= 4 is 44.0 Å². The topological polar surface area (TPSA) is 40.6 Å². The van der Waals surface area contributed by atoms with Crippen molar-refractivity contribution in [2.45, 2.75) is 67.6 Å². The minimum Gasteiger partial charge on any atom is -0.310 e. The number of fused-ring (bicyclic) bond motifs is 6. The third kappa shape index (κ3) is 4.01. The first-order valence-corrected chi connectivity index (χ1v) is 18.9. The van der Waals surface area contributed by atoms with Crippen LogP contribution < -0.4 is 9.80 Å². The molecule has 50 heavy (non-hydrogen) atoms. The van der Waals surface area contributed by atoms with Gasteiger partial charge in [-0.3, -0.25) is 0 Å². The van der Waals surface area contributed by atoms with Crippen LogP contribution in [0.2, 0.25) is 0 Å². The average Bonchev–Trinajstić information content (AvgIpc) is 3.11. The predicted molar refractivity (Wildman–Crippen MR) is 204 cm³/mol. The van der Waals surface area contributed by atoms with Gasteiger partial charge in [-0.2, -0.15) is 0 Å². The van der Waals surface area contributed by atoms with Crippen LogP contribution in [-0.2, 0) is 26.1 Å². The Morgan fingerprint density at radius 3 is 0.980 bits per heavy atom. The highest BCUT2D eigenvalue weighted by atomic mass is 32.2. The summed E-state index contributed by atoms with van der Waals surface area (Å²) in [7, 11) is -3.90. The van der Waals surface area contributed by atoms with Gasteiger partial charge in [0.25, 0.3) is 0 Å². The molecule has 0 saturated heterocycles. The van der Waals surface area contributed by atoms with E-state index in [4.69, 9.17) is 0 Å². The normalized spacial score (nSPS) is 18.1. The minimum absolute atomic E-state index is 0.206. The van der Waals surface area contributed by atoms with Gasteiger partial charge in [-0.15, -0.1) is 0 Å². The number of benzene rings is 6. The fourth-order valence-corrected chi connectivity index (χ4v) is 10.9. The minimum atomic E-state index is -3.90. The van der Waals surface area contributed by atoms with Crippen molar-refractivity contribution in [3.8, 4) is 0 Å². The Morgan fingerprint density at radius 1 is 0.380 bits per heavy atom. The lowest BCUT2D eigenvalue weighted by molar-refractivity contribution is 0.555. The van der Waals surface area contributed by atoms with Crippen LogP contribution in [0, 0.1) is 0 Å². The smallest absolute Gasteiger partial charge is 0.207 e. The van der Waals surface area contributed by atoms with Gasteiger partial charge in [-0.1, -0.05) is 126 Å². The van der Waals surface area contributed by atoms with Gasteiger partial charge in [0.2, 0.25) is 9.84 Å². The molecule has 4 nitrogen and oxygen atoms in total. The number of para-hydroxylation sites is 4. The SMILES string of the molecule is CC1(C)c2ccccc2N(c2ccc3c(c2)S(=O)(=O)c2cc(N4c5ccccc5C(C)(C)c5ccccc54)ccc2C3(C)C)c2ccccc21. The molecule has 0 amide bonds. The lowest BCUT2D eigenvalue weighted by atomic mass is 9.73. The predicted octanol–water partition coefficient (Wildman–Crippen LogP) is 11.4. The number of rotatable bonds is 2. The Morgan fingerprint density at radius 2 is 0.660 bits per heavy atom. The lowest BCUT2D eigenvalue weighted by Gasteiger charge is -2.43. The summed E-state index contributed by atoms with van der Waals surface area (Å²) in [5.41, 5.74) is 11.4. The first-order valence-electron chi connectivity index (χ1n) is 17.4. The zero-order valence-corrected chi connectivity index (χ0v) is 30.1. The Labute approximate surface area is 295 Å². The lowest BCUT2D eigenvalue weighted by Crippen LogP contribution is -2.32. The summed E-state index contributed by atoms with van der Waals surface area (Å²) in [5, 5.41) is 0. The molecule has 9 rings (SSSR count). The van der Waals surface area contributed by atoms with Crippen molar-refractivity contribution in [1.82, 2.24) is 0 Å². The Kier molecular flexibility index (Phi) is 6.31. The van der Waals surface area contributed by atoms with E-state index in [2.05, 4.69) is 161 Å². The summed E-state index contributed by atoms with van der Waals surface area (Å²) < 4.78 is 30.0. The molecular formula is C45H40N2O2S. The summed E-state index contributed by atoms with van der Waals surface area (Å²) in [6, 6.07) is 45.9. The first kappa shape index (κ1) is 30.9. The molecule has 5 heteroatoms. The van der Waals surface area contributed by atoms with Crippen molar-refractivity contribution in [3.63, 3.8) is 0 Å². The van der Waals surface area contributed by atoms with Gasteiger partial charge in [-0.05, 0) is 81.9 Å². The van der Waals surface area contributed by atoms with Crippen LogP contribution in [0.5, 0.6) is 0 Å². The quantitative estimate of drug-likeness (QED) is 0.184. The van der Waals surface area contributed by atoms with Gasteiger partial charge in [0.15, 0.2) is 0 Å². The summed E-state index contributed by atoms with van der Waals surface area (Å²) in [6.07, 6.45) is 0. The molecular weight excluding hydrogens is 633 g/mol. The molecule has 0 fully saturated rings. The maximum absolute atomic E-state index is 15.0. The number of nitrogens with zero attached hydrogens (tertiary/aromatic N) is 2. The third-order valence-corrected chi connectivity index (χ3v) is 13.5. The average molecular weight is 673 g/mol. The van der Waals surface area contributed by atoms with Gasteiger partial charge in [0, 0.05) is 27.6 Å². The van der Waals surface area contributed by atoms with E-state index in [0.717, 1.165) is 45.3 Å². The molecule has 3 aliphatic heterocycles. The zero-order valence-electron chi connectivity index (χ0n) is 29.3. The van der Waals surface area contributed by atoms with Crippen LogP contribution >= 0.6 is 0 Å². The molecule has 0 N–H and O–H groups in total. The van der Waals surface area contributed by atoms with Crippen LogP contribution in [0.15, 0.2) is 143 Å². The van der Waals surface area contributed by atoms with E-state index in [1.165, 1.54) is 22.3 Å². The molecule has 248 valence electrons. The summed E-state index contributed by atoms with van der Waals surface area (Å²) in [5.74, 6) is 0. The Balaban J connectivity index is 1.23. The van der Waals surface area contributed by atoms with Crippen molar-refractivity contribution in [1.29, 1.82) is 0 Å². The van der Waals surface area contributed by atoms with Gasteiger partial charge in [-0.25, -0.2) is 8.42 Å². The monoisotopic (exact) mass is 672 g/mol. The highest BCUT2D eigenvalue weighted by Crippen LogP contribution is 2.56. The van der Waals surface area contributed by atoms with Gasteiger partial charge in [0.05, 0.1) is 32.5 Å². The summed E-state index contributed by atoms with van der Waals surface area (Å²) in [6.45, 7) is 13.3. The number of hydrogen-bond donors (Lipinski definition) is 0. The maximum atomic E-state index is 15.0. The fourth-order valence-electron chi connectivity index (χ4n) is 8.94. The van der Waals surface area contributed by atoms with Crippen molar-refractivity contribution in [2.75, 3.05) is 9.80 Å². The molecule has 3 heterocycles. The molecule has 0 unspecified atom stereocenters. The van der Waals surface area contributed by atoms with Gasteiger partial charge < -0.3 is 9.80 Å². The molecule has 0 radical (unpaired) electrons. The van der Waals surface area contributed by atoms with Crippen LogP contribution in [0.1, 0.15) is 74.9 Å². The van der Waals surface area contributed by atoms with Crippen LogP contribution in [0.3, 0.4) is 0 Å². The molecule has 0 spiro atoms. The van der Waals surface area contributed by atoms with Crippen LogP contribution in [0.25, 0.3) is 0 Å². The van der Waals surface area contributed by atoms with E-state index in [9.17, 15) is 0 Å². The molecule has 0 aromatic heterocycles. The first-order chi connectivity index (χ1) is 23.8. The van der Waals surface area contributed by atoms with Crippen molar-refractivity contribution in [2.24, 2.45) is 0 Å². The number of anilines is 6. The molecule has 6 aromatic carbocycles. The highest BCUT2D eigenvalue weighted by Gasteiger charge is 2.43. The molecule has 3 aliphatic rings. The summed E-state index contributed by atoms with van der Waals surface area (Å²) in [4.78, 5) is 5.19. The second kappa shape index (κ2) is 10.2. The molecule has 0 atom stereocenters. The second-order valence-corrected chi connectivity index (χ2v) is 17.4. The van der Waals surface area contributed by atoms with Crippen LogP contribution in [0.4, 0.5) is 34.1 Å². The Bertz CT molecular complexity index is 2240. The molecule has 0 aliphatic carbocycles. The van der Waals surface area contributed by atoms with Crippen LogP contribution in [-0.4, -0.2) is 8.42 Å².